The highest BCUT2D eigenvalue weighted by Crippen LogP contribution is 2.30. The molecule has 1 aliphatic rings. The minimum atomic E-state index is -1.12. The molecule has 0 aliphatic heterocycles. The number of hydrogen-bond donors (Lipinski definition) is 3. The van der Waals surface area contributed by atoms with E-state index in [1.54, 1.807) is 6.07 Å². The number of carboxylic acid groups (broad SMARTS) is 1. The number of hydrogen-bond acceptors (Lipinski definition) is 3. The summed E-state index contributed by atoms with van der Waals surface area (Å²) in [4.78, 5) is 23.4. The largest absolute Gasteiger partial charge is 0.478 e. The number of anilines is 1. The first-order valence-electron chi connectivity index (χ1n) is 7.06. The zero-order valence-corrected chi connectivity index (χ0v) is 12.4. The molecule has 1 aromatic rings. The Morgan fingerprint density at radius 1 is 1.33 bits per heavy atom. The maximum atomic E-state index is 12.4. The molecular formula is C15H19ClN2O3. The van der Waals surface area contributed by atoms with Crippen LogP contribution in [0.4, 0.5) is 5.69 Å². The monoisotopic (exact) mass is 310 g/mol. The molecule has 0 heterocycles. The summed E-state index contributed by atoms with van der Waals surface area (Å²) in [6, 6.07) is 4.46. The summed E-state index contributed by atoms with van der Waals surface area (Å²) in [5, 5.41) is 12.0. The topological polar surface area (TPSA) is 92.4 Å². The summed E-state index contributed by atoms with van der Waals surface area (Å²) in [7, 11) is 0. The standard InChI is InChI=1S/C15H19ClN2O3/c16-13-6-5-10(7-12(13)15(20)21)18-14(19)11-4-2-1-3-9(11)8-17/h5-7,9,11H,1-4,8,17H2,(H,18,19)(H,20,21). The van der Waals surface area contributed by atoms with Gasteiger partial charge in [0, 0.05) is 11.6 Å². The lowest BCUT2D eigenvalue weighted by molar-refractivity contribution is -0.122. The molecule has 2 rings (SSSR count). The molecule has 0 aromatic heterocycles. The molecule has 2 atom stereocenters. The Kier molecular flexibility index (Phi) is 5.20. The first-order chi connectivity index (χ1) is 10.0. The maximum Gasteiger partial charge on any atom is 0.337 e. The molecule has 0 bridgehead atoms. The second kappa shape index (κ2) is 6.91. The highest BCUT2D eigenvalue weighted by atomic mass is 35.5. The van der Waals surface area contributed by atoms with E-state index in [-0.39, 0.29) is 28.3 Å². The number of aromatic carboxylic acids is 1. The van der Waals surface area contributed by atoms with Crippen molar-refractivity contribution >= 4 is 29.2 Å². The van der Waals surface area contributed by atoms with Gasteiger partial charge in [0.15, 0.2) is 0 Å². The Morgan fingerprint density at radius 3 is 2.71 bits per heavy atom. The fourth-order valence-electron chi connectivity index (χ4n) is 2.84. The van der Waals surface area contributed by atoms with E-state index < -0.39 is 5.97 Å². The molecule has 1 amide bonds. The fourth-order valence-corrected chi connectivity index (χ4v) is 3.04. The Hall–Kier alpha value is -1.59. The molecule has 0 saturated heterocycles. The Labute approximate surface area is 128 Å². The smallest absolute Gasteiger partial charge is 0.337 e. The summed E-state index contributed by atoms with van der Waals surface area (Å²) in [5.74, 6) is -1.12. The predicted octanol–water partition coefficient (Wildman–Crippen LogP) is 2.74. The second-order valence-corrected chi connectivity index (χ2v) is 5.78. The van der Waals surface area contributed by atoms with Crippen molar-refractivity contribution in [3.05, 3.63) is 28.8 Å². The normalized spacial score (nSPS) is 21.8. The molecule has 2 unspecified atom stereocenters. The van der Waals surface area contributed by atoms with Crippen LogP contribution in [0.5, 0.6) is 0 Å². The Bertz CT molecular complexity index is 548. The molecule has 1 saturated carbocycles. The molecule has 6 heteroatoms. The quantitative estimate of drug-likeness (QED) is 0.797. The van der Waals surface area contributed by atoms with Crippen LogP contribution in [0, 0.1) is 11.8 Å². The van der Waals surface area contributed by atoms with Crippen molar-refractivity contribution in [3.63, 3.8) is 0 Å². The number of carbonyl (C=O) groups excluding carboxylic acids is 1. The van der Waals surface area contributed by atoms with Crippen LogP contribution in [0.25, 0.3) is 0 Å². The number of halogens is 1. The third-order valence-electron chi connectivity index (χ3n) is 4.01. The fraction of sp³-hybridized carbons (Fsp3) is 0.467. The molecule has 1 aliphatic carbocycles. The van der Waals surface area contributed by atoms with E-state index in [0.29, 0.717) is 12.2 Å². The average molecular weight is 311 g/mol. The number of rotatable bonds is 4. The van der Waals surface area contributed by atoms with Gasteiger partial charge in [-0.1, -0.05) is 24.4 Å². The molecule has 4 N–H and O–H groups in total. The van der Waals surface area contributed by atoms with Crippen LogP contribution in [0.2, 0.25) is 5.02 Å². The summed E-state index contributed by atoms with van der Waals surface area (Å²) >= 11 is 5.81. The van der Waals surface area contributed by atoms with Gasteiger partial charge in [-0.25, -0.2) is 4.79 Å². The third kappa shape index (κ3) is 3.74. The van der Waals surface area contributed by atoms with E-state index in [2.05, 4.69) is 5.32 Å². The van der Waals surface area contributed by atoms with Crippen LogP contribution in [0.15, 0.2) is 18.2 Å². The first kappa shape index (κ1) is 15.8. The van der Waals surface area contributed by atoms with Gasteiger partial charge in [0.1, 0.15) is 0 Å². The molecule has 0 radical (unpaired) electrons. The number of carboxylic acids is 1. The number of nitrogens with two attached hydrogens (primary N) is 1. The maximum absolute atomic E-state index is 12.4. The van der Waals surface area contributed by atoms with Gasteiger partial charge in [-0.3, -0.25) is 4.79 Å². The number of carbonyl (C=O) groups is 2. The third-order valence-corrected chi connectivity index (χ3v) is 4.34. The minimum Gasteiger partial charge on any atom is -0.478 e. The van der Waals surface area contributed by atoms with Crippen LogP contribution >= 0.6 is 11.6 Å². The van der Waals surface area contributed by atoms with E-state index >= 15 is 0 Å². The van der Waals surface area contributed by atoms with Crippen LogP contribution in [-0.2, 0) is 4.79 Å². The number of amides is 1. The zero-order valence-electron chi connectivity index (χ0n) is 11.6. The average Bonchev–Trinajstić information content (AvgIpc) is 2.48. The van der Waals surface area contributed by atoms with Gasteiger partial charge in [0.05, 0.1) is 10.6 Å². The van der Waals surface area contributed by atoms with Crippen molar-refractivity contribution in [1.29, 1.82) is 0 Å². The molecule has 5 nitrogen and oxygen atoms in total. The van der Waals surface area contributed by atoms with Gasteiger partial charge in [-0.05, 0) is 43.5 Å². The van der Waals surface area contributed by atoms with E-state index in [0.717, 1.165) is 25.7 Å². The molecular weight excluding hydrogens is 292 g/mol. The lowest BCUT2D eigenvalue weighted by Gasteiger charge is -2.29. The molecule has 1 aromatic carbocycles. The number of benzene rings is 1. The predicted molar refractivity (Wildman–Crippen MR) is 81.5 cm³/mol. The minimum absolute atomic E-state index is 0.0199. The lowest BCUT2D eigenvalue weighted by atomic mass is 9.78. The van der Waals surface area contributed by atoms with Crippen molar-refractivity contribution < 1.29 is 14.7 Å². The van der Waals surface area contributed by atoms with Crippen molar-refractivity contribution in [2.75, 3.05) is 11.9 Å². The SMILES string of the molecule is NCC1CCCCC1C(=O)Nc1ccc(Cl)c(C(=O)O)c1. The van der Waals surface area contributed by atoms with Crippen molar-refractivity contribution in [3.8, 4) is 0 Å². The van der Waals surface area contributed by atoms with Crippen LogP contribution < -0.4 is 11.1 Å². The van der Waals surface area contributed by atoms with E-state index in [1.807, 2.05) is 0 Å². The first-order valence-corrected chi connectivity index (χ1v) is 7.44. The lowest BCUT2D eigenvalue weighted by Crippen LogP contribution is -2.35. The van der Waals surface area contributed by atoms with Crippen LogP contribution in [0.3, 0.4) is 0 Å². The van der Waals surface area contributed by atoms with Gasteiger partial charge >= 0.3 is 5.97 Å². The highest BCUT2D eigenvalue weighted by Gasteiger charge is 2.30. The summed E-state index contributed by atoms with van der Waals surface area (Å²) < 4.78 is 0. The van der Waals surface area contributed by atoms with Crippen molar-refractivity contribution in [2.45, 2.75) is 25.7 Å². The summed E-state index contributed by atoms with van der Waals surface area (Å²) in [6.07, 6.45) is 3.92. The molecule has 114 valence electrons. The molecule has 0 spiro atoms. The van der Waals surface area contributed by atoms with Crippen molar-refractivity contribution in [2.24, 2.45) is 17.6 Å². The van der Waals surface area contributed by atoms with Crippen molar-refractivity contribution in [1.82, 2.24) is 0 Å². The van der Waals surface area contributed by atoms with Gasteiger partial charge in [0.25, 0.3) is 0 Å². The van der Waals surface area contributed by atoms with Crippen LogP contribution in [-0.4, -0.2) is 23.5 Å². The highest BCUT2D eigenvalue weighted by molar-refractivity contribution is 6.33. The van der Waals surface area contributed by atoms with Gasteiger partial charge in [-0.2, -0.15) is 0 Å². The second-order valence-electron chi connectivity index (χ2n) is 5.38. The Morgan fingerprint density at radius 2 is 2.05 bits per heavy atom. The van der Waals surface area contributed by atoms with Gasteiger partial charge in [0.2, 0.25) is 5.91 Å². The molecule has 1 fully saturated rings. The summed E-state index contributed by atoms with van der Waals surface area (Å²) in [6.45, 7) is 0.499. The van der Waals surface area contributed by atoms with Gasteiger partial charge < -0.3 is 16.2 Å². The van der Waals surface area contributed by atoms with E-state index in [1.165, 1.54) is 12.1 Å². The zero-order chi connectivity index (χ0) is 15.4. The van der Waals surface area contributed by atoms with E-state index in [4.69, 9.17) is 22.4 Å². The van der Waals surface area contributed by atoms with E-state index in [9.17, 15) is 9.59 Å². The van der Waals surface area contributed by atoms with Gasteiger partial charge in [-0.15, -0.1) is 0 Å². The summed E-state index contributed by atoms with van der Waals surface area (Å²) in [5.41, 5.74) is 6.16. The Balaban J connectivity index is 2.12. The molecule has 21 heavy (non-hydrogen) atoms. The van der Waals surface area contributed by atoms with Crippen LogP contribution in [0.1, 0.15) is 36.0 Å². The number of nitrogens with one attached hydrogen (secondary N) is 1.